The maximum Gasteiger partial charge on any atom is 0.387 e. The summed E-state index contributed by atoms with van der Waals surface area (Å²) in [6.45, 7) is -1.26. The number of nitro benzene ring substituents is 1. The number of hydrogen-bond acceptors (Lipinski definition) is 6. The number of nitro groups is 1. The molecule has 0 bridgehead atoms. The van der Waals surface area contributed by atoms with Crippen molar-refractivity contribution in [2.75, 3.05) is 5.32 Å². The molecule has 2 aromatic carbocycles. The minimum atomic E-state index is -3.17. The van der Waals surface area contributed by atoms with Gasteiger partial charge in [-0.3, -0.25) is 20.2 Å². The SMILES string of the molecule is Cc1ccc2nc(NC(=O)c3cc([N+](=O)[O-])ccc3OC(F)F)sc2c1. The third-order valence-electron chi connectivity index (χ3n) is 3.40. The molecule has 0 unspecified atom stereocenters. The fraction of sp³-hybridized carbons (Fsp3) is 0.125. The number of carbonyl (C=O) groups is 1. The highest BCUT2D eigenvalue weighted by Gasteiger charge is 2.21. The molecule has 0 saturated carbocycles. The van der Waals surface area contributed by atoms with Crippen molar-refractivity contribution in [1.82, 2.24) is 4.98 Å². The van der Waals surface area contributed by atoms with Crippen molar-refractivity contribution in [3.05, 3.63) is 57.6 Å². The molecular weight excluding hydrogens is 368 g/mol. The first kappa shape index (κ1) is 17.7. The highest BCUT2D eigenvalue weighted by molar-refractivity contribution is 7.22. The van der Waals surface area contributed by atoms with Crippen molar-refractivity contribution >= 4 is 38.3 Å². The predicted octanol–water partition coefficient (Wildman–Crippen LogP) is 4.37. The van der Waals surface area contributed by atoms with Crippen molar-refractivity contribution in [1.29, 1.82) is 0 Å². The van der Waals surface area contributed by atoms with Crippen LogP contribution in [0.25, 0.3) is 10.2 Å². The van der Waals surface area contributed by atoms with Crippen molar-refractivity contribution in [3.8, 4) is 5.75 Å². The number of halogens is 2. The number of aromatic nitrogens is 1. The fourth-order valence-corrected chi connectivity index (χ4v) is 3.22. The van der Waals surface area contributed by atoms with Gasteiger partial charge in [0.15, 0.2) is 5.13 Å². The highest BCUT2D eigenvalue weighted by Crippen LogP contribution is 2.30. The first-order valence-electron chi connectivity index (χ1n) is 7.25. The molecule has 1 N–H and O–H groups in total. The first-order valence-corrected chi connectivity index (χ1v) is 8.07. The Kier molecular flexibility index (Phi) is 4.76. The first-order chi connectivity index (χ1) is 12.3. The minimum absolute atomic E-state index is 0.241. The summed E-state index contributed by atoms with van der Waals surface area (Å²) in [6, 6.07) is 8.36. The van der Waals surface area contributed by atoms with E-state index in [0.717, 1.165) is 28.5 Å². The Morgan fingerprint density at radius 1 is 1.31 bits per heavy atom. The molecule has 134 valence electrons. The molecule has 0 aliphatic carbocycles. The molecule has 3 rings (SSSR count). The number of benzene rings is 2. The van der Waals surface area contributed by atoms with Crippen LogP contribution in [-0.4, -0.2) is 22.4 Å². The van der Waals surface area contributed by atoms with Crippen LogP contribution in [0.2, 0.25) is 0 Å². The number of carbonyl (C=O) groups excluding carboxylic acids is 1. The Morgan fingerprint density at radius 2 is 2.08 bits per heavy atom. The monoisotopic (exact) mass is 379 g/mol. The van der Waals surface area contributed by atoms with Crippen LogP contribution in [-0.2, 0) is 0 Å². The summed E-state index contributed by atoms with van der Waals surface area (Å²) in [4.78, 5) is 26.8. The van der Waals surface area contributed by atoms with E-state index in [4.69, 9.17) is 0 Å². The van der Waals surface area contributed by atoms with Crippen molar-refractivity contribution in [3.63, 3.8) is 0 Å². The van der Waals surface area contributed by atoms with Gasteiger partial charge in [0.05, 0.1) is 20.7 Å². The Morgan fingerprint density at radius 3 is 2.77 bits per heavy atom. The molecule has 26 heavy (non-hydrogen) atoms. The van der Waals surface area contributed by atoms with E-state index in [1.165, 1.54) is 11.3 Å². The quantitative estimate of drug-likeness (QED) is 0.525. The fourth-order valence-electron chi connectivity index (χ4n) is 2.26. The molecule has 7 nitrogen and oxygen atoms in total. The summed E-state index contributed by atoms with van der Waals surface area (Å²) in [5, 5.41) is 13.6. The molecule has 0 aliphatic heterocycles. The summed E-state index contributed by atoms with van der Waals surface area (Å²) < 4.78 is 30.2. The van der Waals surface area contributed by atoms with Crippen LogP contribution in [0.15, 0.2) is 36.4 Å². The lowest BCUT2D eigenvalue weighted by Crippen LogP contribution is -2.15. The molecule has 0 spiro atoms. The number of nitrogens with zero attached hydrogens (tertiary/aromatic N) is 2. The van der Waals surface area contributed by atoms with Gasteiger partial charge in [0.2, 0.25) is 0 Å². The van der Waals surface area contributed by atoms with Crippen LogP contribution in [0.4, 0.5) is 19.6 Å². The number of aryl methyl sites for hydroxylation is 1. The second-order valence-electron chi connectivity index (χ2n) is 5.26. The summed E-state index contributed by atoms with van der Waals surface area (Å²) in [6.07, 6.45) is 0. The van der Waals surface area contributed by atoms with E-state index in [1.807, 2.05) is 19.1 Å². The van der Waals surface area contributed by atoms with E-state index in [0.29, 0.717) is 5.52 Å². The van der Waals surface area contributed by atoms with E-state index in [9.17, 15) is 23.7 Å². The summed E-state index contributed by atoms with van der Waals surface area (Å²) in [5.41, 5.74) is 0.885. The van der Waals surface area contributed by atoms with Gasteiger partial charge in [-0.05, 0) is 30.7 Å². The van der Waals surface area contributed by atoms with Crippen LogP contribution in [0, 0.1) is 17.0 Å². The Hall–Kier alpha value is -3.14. The van der Waals surface area contributed by atoms with Gasteiger partial charge >= 0.3 is 6.61 Å². The van der Waals surface area contributed by atoms with Gasteiger partial charge in [-0.2, -0.15) is 8.78 Å². The van der Waals surface area contributed by atoms with Crippen molar-refractivity contribution in [2.24, 2.45) is 0 Å². The zero-order valence-electron chi connectivity index (χ0n) is 13.2. The number of alkyl halides is 2. The smallest absolute Gasteiger partial charge is 0.387 e. The number of thiazole rings is 1. The zero-order valence-corrected chi connectivity index (χ0v) is 14.0. The number of fused-ring (bicyclic) bond motifs is 1. The van der Waals surface area contributed by atoms with Crippen LogP contribution in [0.5, 0.6) is 5.75 Å². The maximum absolute atomic E-state index is 12.5. The van der Waals surface area contributed by atoms with Crippen LogP contribution >= 0.6 is 11.3 Å². The molecule has 0 fully saturated rings. The largest absolute Gasteiger partial charge is 0.434 e. The van der Waals surface area contributed by atoms with Gasteiger partial charge in [-0.25, -0.2) is 4.98 Å². The third-order valence-corrected chi connectivity index (χ3v) is 4.33. The molecule has 3 aromatic rings. The number of nitrogens with one attached hydrogen (secondary N) is 1. The minimum Gasteiger partial charge on any atom is -0.434 e. The van der Waals surface area contributed by atoms with E-state index < -0.39 is 28.9 Å². The lowest BCUT2D eigenvalue weighted by Gasteiger charge is -2.09. The average molecular weight is 379 g/mol. The lowest BCUT2D eigenvalue weighted by molar-refractivity contribution is -0.384. The maximum atomic E-state index is 12.5. The number of rotatable bonds is 5. The Balaban J connectivity index is 1.93. The van der Waals surface area contributed by atoms with Gasteiger partial charge in [0, 0.05) is 12.1 Å². The normalized spacial score (nSPS) is 10.9. The summed E-state index contributed by atoms with van der Waals surface area (Å²) in [7, 11) is 0. The molecule has 0 radical (unpaired) electrons. The molecule has 0 saturated heterocycles. The standard InChI is InChI=1S/C16H11F2N3O4S/c1-8-2-4-11-13(6-8)26-16(19-11)20-14(22)10-7-9(21(23)24)3-5-12(10)25-15(17)18/h2-7,15H,1H3,(H,19,20,22). The predicted molar refractivity (Wildman–Crippen MR) is 92.0 cm³/mol. The Labute approximate surface area is 149 Å². The average Bonchev–Trinajstić information content (AvgIpc) is 2.95. The Bertz CT molecular complexity index is 1010. The molecule has 1 aromatic heterocycles. The molecule has 0 aliphatic rings. The van der Waals surface area contributed by atoms with Gasteiger partial charge in [0.1, 0.15) is 5.75 Å². The van der Waals surface area contributed by atoms with Gasteiger partial charge in [-0.1, -0.05) is 17.4 Å². The molecule has 10 heteroatoms. The summed E-state index contributed by atoms with van der Waals surface area (Å²) in [5.74, 6) is -1.29. The van der Waals surface area contributed by atoms with Crippen molar-refractivity contribution < 1.29 is 23.2 Å². The number of non-ortho nitro benzene ring substituents is 1. The number of anilines is 1. The molecule has 1 heterocycles. The van der Waals surface area contributed by atoms with Crippen molar-refractivity contribution in [2.45, 2.75) is 13.5 Å². The second-order valence-corrected chi connectivity index (χ2v) is 6.29. The van der Waals surface area contributed by atoms with E-state index in [-0.39, 0.29) is 10.7 Å². The summed E-state index contributed by atoms with van der Waals surface area (Å²) >= 11 is 1.20. The van der Waals surface area contributed by atoms with E-state index >= 15 is 0 Å². The third kappa shape index (κ3) is 3.75. The molecular formula is C16H11F2N3O4S. The van der Waals surface area contributed by atoms with Crippen LogP contribution in [0.1, 0.15) is 15.9 Å². The van der Waals surface area contributed by atoms with E-state index in [1.54, 1.807) is 6.07 Å². The zero-order chi connectivity index (χ0) is 18.8. The second kappa shape index (κ2) is 7.00. The topological polar surface area (TPSA) is 94.4 Å². The van der Waals surface area contributed by atoms with Gasteiger partial charge < -0.3 is 4.74 Å². The van der Waals surface area contributed by atoms with Gasteiger partial charge in [0.25, 0.3) is 11.6 Å². The highest BCUT2D eigenvalue weighted by atomic mass is 32.1. The lowest BCUT2D eigenvalue weighted by atomic mass is 10.1. The number of hydrogen-bond donors (Lipinski definition) is 1. The molecule has 0 atom stereocenters. The van der Waals surface area contributed by atoms with Crippen LogP contribution in [0.3, 0.4) is 0 Å². The van der Waals surface area contributed by atoms with Gasteiger partial charge in [-0.15, -0.1) is 0 Å². The van der Waals surface area contributed by atoms with Crippen LogP contribution < -0.4 is 10.1 Å². The van der Waals surface area contributed by atoms with E-state index in [2.05, 4.69) is 15.0 Å². The molecule has 1 amide bonds. The number of amides is 1. The number of ether oxygens (including phenoxy) is 1.